The Hall–Kier alpha value is -0.980. The van der Waals surface area contributed by atoms with E-state index in [1.165, 1.54) is 17.7 Å². The Bertz CT molecular complexity index is 211. The summed E-state index contributed by atoms with van der Waals surface area (Å²) >= 11 is 0. The molecule has 1 nitrogen and oxygen atoms in total. The molecule has 1 rings (SSSR count). The predicted octanol–water partition coefficient (Wildman–Crippen LogP) is 3.70. The van der Waals surface area contributed by atoms with Gasteiger partial charge in [-0.15, -0.1) is 0 Å². The fraction of sp³-hybridized carbons (Fsp3) is 0.455. The second-order valence-corrected chi connectivity index (χ2v) is 2.77. The van der Waals surface area contributed by atoms with Gasteiger partial charge in [-0.1, -0.05) is 38.5 Å². The number of nitrogens with one attached hydrogen (secondary N) is 1. The van der Waals surface area contributed by atoms with Crippen LogP contribution in [-0.2, 0) is 0 Å². The topological polar surface area (TPSA) is 12.0 Å². The van der Waals surface area contributed by atoms with Gasteiger partial charge in [-0.3, -0.25) is 0 Å². The van der Waals surface area contributed by atoms with Crippen molar-refractivity contribution in [3.8, 4) is 0 Å². The lowest BCUT2D eigenvalue weighted by Crippen LogP contribution is -1.89. The lowest BCUT2D eigenvalue weighted by atomic mass is 10.2. The summed E-state index contributed by atoms with van der Waals surface area (Å²) in [6.45, 7) is 6.34. The van der Waals surface area contributed by atoms with Crippen molar-refractivity contribution in [3.05, 3.63) is 29.8 Å². The quantitative estimate of drug-likeness (QED) is 0.672. The number of hydrogen-bond acceptors (Lipinski definition) is 1. The average molecular weight is 167 g/mol. The molecule has 1 aromatic rings. The highest BCUT2D eigenvalue weighted by Gasteiger charge is 1.88. The third-order valence-electron chi connectivity index (χ3n) is 1.41. The van der Waals surface area contributed by atoms with Crippen molar-refractivity contribution in [2.75, 3.05) is 12.4 Å². The van der Waals surface area contributed by atoms with Gasteiger partial charge in [0, 0.05) is 14.2 Å². The summed E-state index contributed by atoms with van der Waals surface area (Å²) < 4.78 is 0. The molecule has 0 radical (unpaired) electrons. The Balaban J connectivity index is 0. The van der Waals surface area contributed by atoms with E-state index in [1.54, 1.807) is 0 Å². The van der Waals surface area contributed by atoms with Gasteiger partial charge in [0.2, 0.25) is 0 Å². The van der Waals surface area contributed by atoms with Gasteiger partial charge < -0.3 is 5.32 Å². The summed E-state index contributed by atoms with van der Waals surface area (Å²) in [6, 6.07) is 8.22. The molecule has 0 spiro atoms. The van der Waals surface area contributed by atoms with E-state index in [2.05, 4.69) is 38.2 Å². The zero-order valence-corrected chi connectivity index (χ0v) is 8.52. The largest absolute Gasteiger partial charge is 0.388 e. The third kappa shape index (κ3) is 4.02. The fourth-order valence-corrected chi connectivity index (χ4v) is 0.853. The molecule has 0 saturated heterocycles. The number of anilines is 1. The van der Waals surface area contributed by atoms with Gasteiger partial charge >= 0.3 is 0 Å². The van der Waals surface area contributed by atoms with Gasteiger partial charge in [0.1, 0.15) is 0 Å². The van der Waals surface area contributed by atoms with Crippen LogP contribution in [0, 0.1) is 6.92 Å². The molecule has 0 fully saturated rings. The summed E-state index contributed by atoms with van der Waals surface area (Å²) in [6.07, 6.45) is 1.25. The average Bonchev–Trinajstić information content (AvgIpc) is 2.07. The smallest absolute Gasteiger partial charge is 0.0367 e. The normalized spacial score (nSPS) is 8.33. The molecular formula is C11H21N. The van der Waals surface area contributed by atoms with E-state index in [9.17, 15) is 0 Å². The highest BCUT2D eigenvalue weighted by Crippen LogP contribution is 2.10. The van der Waals surface area contributed by atoms with Crippen LogP contribution in [-0.4, -0.2) is 7.05 Å². The van der Waals surface area contributed by atoms with Crippen LogP contribution in [0.1, 0.15) is 27.3 Å². The van der Waals surface area contributed by atoms with Crippen LogP contribution in [0.3, 0.4) is 0 Å². The van der Waals surface area contributed by atoms with Crippen molar-refractivity contribution in [2.45, 2.75) is 27.2 Å². The fourth-order valence-electron chi connectivity index (χ4n) is 0.853. The van der Waals surface area contributed by atoms with Crippen molar-refractivity contribution in [1.29, 1.82) is 0 Å². The van der Waals surface area contributed by atoms with Crippen LogP contribution < -0.4 is 5.32 Å². The molecule has 1 N–H and O–H groups in total. The minimum Gasteiger partial charge on any atom is -0.388 e. The van der Waals surface area contributed by atoms with Crippen molar-refractivity contribution in [2.24, 2.45) is 0 Å². The molecule has 0 aromatic heterocycles. The Labute approximate surface area is 77.3 Å². The molecule has 0 aliphatic rings. The van der Waals surface area contributed by atoms with Gasteiger partial charge in [-0.25, -0.2) is 0 Å². The molecule has 0 amide bonds. The molecular weight excluding hydrogens is 146 g/mol. The first-order chi connectivity index (χ1) is 5.76. The van der Waals surface area contributed by atoms with Gasteiger partial charge in [-0.05, 0) is 18.6 Å². The lowest BCUT2D eigenvalue weighted by molar-refractivity contribution is 1.09. The molecule has 0 atom stereocenters. The minimum atomic E-state index is 0. The maximum absolute atomic E-state index is 3.10. The molecule has 70 valence electrons. The second-order valence-electron chi connectivity index (χ2n) is 2.77. The van der Waals surface area contributed by atoms with E-state index in [4.69, 9.17) is 0 Å². The number of para-hydroxylation sites is 1. The van der Waals surface area contributed by atoms with E-state index < -0.39 is 0 Å². The molecule has 0 unspecified atom stereocenters. The van der Waals surface area contributed by atoms with Crippen molar-refractivity contribution in [1.82, 2.24) is 0 Å². The first-order valence-corrected chi connectivity index (χ1v) is 4.49. The highest BCUT2D eigenvalue weighted by molar-refractivity contribution is 5.49. The van der Waals surface area contributed by atoms with Crippen LogP contribution in [0.4, 0.5) is 5.69 Å². The maximum atomic E-state index is 3.10. The highest BCUT2D eigenvalue weighted by atomic mass is 14.8. The zero-order valence-electron chi connectivity index (χ0n) is 8.52. The monoisotopic (exact) mass is 167 g/mol. The van der Waals surface area contributed by atoms with Crippen molar-refractivity contribution in [3.63, 3.8) is 0 Å². The number of benzene rings is 1. The van der Waals surface area contributed by atoms with Crippen LogP contribution in [0.5, 0.6) is 0 Å². The second kappa shape index (κ2) is 6.71. The van der Waals surface area contributed by atoms with Crippen molar-refractivity contribution < 1.29 is 1.43 Å². The van der Waals surface area contributed by atoms with E-state index in [0.717, 1.165) is 0 Å². The summed E-state index contributed by atoms with van der Waals surface area (Å²) in [4.78, 5) is 0. The number of rotatable bonds is 1. The maximum Gasteiger partial charge on any atom is 0.0367 e. The standard InChI is InChI=1S/C8H11N.C3H8.H2/c1-7-5-3-4-6-8(7)9-2;1-3-2;/h3-6,9H,1-2H3;3H2,1-2H3;1H. The molecule has 0 heterocycles. The first kappa shape index (κ1) is 11.0. The van der Waals surface area contributed by atoms with Crippen LogP contribution in [0.25, 0.3) is 0 Å². The third-order valence-corrected chi connectivity index (χ3v) is 1.41. The van der Waals surface area contributed by atoms with Gasteiger partial charge in [0.05, 0.1) is 0 Å². The Morgan fingerprint density at radius 1 is 1.25 bits per heavy atom. The van der Waals surface area contributed by atoms with Gasteiger partial charge in [0.25, 0.3) is 0 Å². The Morgan fingerprint density at radius 2 is 1.75 bits per heavy atom. The molecule has 0 bridgehead atoms. The summed E-state index contributed by atoms with van der Waals surface area (Å²) in [7, 11) is 1.93. The van der Waals surface area contributed by atoms with E-state index in [-0.39, 0.29) is 1.43 Å². The number of aryl methyl sites for hydroxylation is 1. The van der Waals surface area contributed by atoms with Crippen LogP contribution in [0.2, 0.25) is 0 Å². The summed E-state index contributed by atoms with van der Waals surface area (Å²) in [5.41, 5.74) is 2.50. The number of hydrogen-bond donors (Lipinski definition) is 1. The molecule has 1 heteroatoms. The molecule has 12 heavy (non-hydrogen) atoms. The molecule has 0 aliphatic carbocycles. The first-order valence-electron chi connectivity index (χ1n) is 4.49. The van der Waals surface area contributed by atoms with E-state index in [0.29, 0.717) is 0 Å². The molecule has 0 aliphatic heterocycles. The zero-order chi connectivity index (χ0) is 9.40. The Kier molecular flexibility index (Phi) is 6.16. The minimum absolute atomic E-state index is 0. The van der Waals surface area contributed by atoms with E-state index in [1.807, 2.05) is 19.2 Å². The SMILES string of the molecule is CCC.CNc1ccccc1C.[HH]. The molecule has 0 saturated carbocycles. The van der Waals surface area contributed by atoms with Gasteiger partial charge in [-0.2, -0.15) is 0 Å². The Morgan fingerprint density at radius 3 is 2.08 bits per heavy atom. The van der Waals surface area contributed by atoms with E-state index >= 15 is 0 Å². The predicted molar refractivity (Wildman–Crippen MR) is 58.8 cm³/mol. The van der Waals surface area contributed by atoms with Crippen LogP contribution in [0.15, 0.2) is 24.3 Å². The van der Waals surface area contributed by atoms with Crippen molar-refractivity contribution >= 4 is 5.69 Å². The molecule has 1 aromatic carbocycles. The summed E-state index contributed by atoms with van der Waals surface area (Å²) in [5, 5.41) is 3.10. The van der Waals surface area contributed by atoms with Gasteiger partial charge in [0.15, 0.2) is 0 Å². The van der Waals surface area contributed by atoms with Crippen LogP contribution >= 0.6 is 0 Å². The summed E-state index contributed by atoms with van der Waals surface area (Å²) in [5.74, 6) is 0. The lowest BCUT2D eigenvalue weighted by Gasteiger charge is -2.01.